The lowest BCUT2D eigenvalue weighted by Gasteiger charge is -1.97. The zero-order valence-corrected chi connectivity index (χ0v) is 8.32. The van der Waals surface area contributed by atoms with Gasteiger partial charge in [-0.2, -0.15) is 0 Å². The summed E-state index contributed by atoms with van der Waals surface area (Å²) in [5.41, 5.74) is 3.07. The molecule has 0 aliphatic rings. The lowest BCUT2D eigenvalue weighted by molar-refractivity contribution is 0.0691. The number of hydrogen-bond donors (Lipinski definition) is 2. The summed E-state index contributed by atoms with van der Waals surface area (Å²) < 4.78 is 0. The van der Waals surface area contributed by atoms with Crippen molar-refractivity contribution < 1.29 is 9.90 Å². The average molecular weight is 201 g/mol. The number of hydrogen-bond acceptors (Lipinski definition) is 1. The summed E-state index contributed by atoms with van der Waals surface area (Å²) in [4.78, 5) is 13.6. The molecule has 0 saturated carbocycles. The second-order valence-electron chi connectivity index (χ2n) is 3.39. The van der Waals surface area contributed by atoms with Crippen LogP contribution in [0.2, 0.25) is 0 Å². The van der Waals surface area contributed by atoms with Crippen LogP contribution in [-0.4, -0.2) is 16.1 Å². The number of aryl methyl sites for hydroxylation is 1. The number of aromatic amines is 1. The van der Waals surface area contributed by atoms with Gasteiger partial charge in [-0.05, 0) is 18.6 Å². The highest BCUT2D eigenvalue weighted by molar-refractivity contribution is 5.88. The molecule has 3 heteroatoms. The molecule has 1 aromatic heterocycles. The highest BCUT2D eigenvalue weighted by Crippen LogP contribution is 2.23. The van der Waals surface area contributed by atoms with E-state index < -0.39 is 5.97 Å². The molecule has 0 aliphatic carbocycles. The second kappa shape index (κ2) is 3.61. The summed E-state index contributed by atoms with van der Waals surface area (Å²) >= 11 is 0. The van der Waals surface area contributed by atoms with E-state index in [9.17, 15) is 4.79 Å². The smallest absolute Gasteiger partial charge is 0.352 e. The van der Waals surface area contributed by atoms with Crippen LogP contribution >= 0.6 is 0 Å². The number of carboxylic acids is 1. The predicted octanol–water partition coefficient (Wildman–Crippen LogP) is 2.69. The first-order valence-corrected chi connectivity index (χ1v) is 4.67. The van der Waals surface area contributed by atoms with E-state index in [1.807, 2.05) is 37.3 Å². The fourth-order valence-electron chi connectivity index (χ4n) is 1.59. The molecular formula is C12H11NO2. The molecule has 15 heavy (non-hydrogen) atoms. The fraction of sp³-hybridized carbons (Fsp3) is 0.0833. The molecule has 1 aromatic carbocycles. The summed E-state index contributed by atoms with van der Waals surface area (Å²) in [5, 5.41) is 8.84. The average Bonchev–Trinajstić information content (AvgIpc) is 2.62. The topological polar surface area (TPSA) is 53.1 Å². The molecule has 2 N–H and O–H groups in total. The molecule has 0 fully saturated rings. The Bertz CT molecular complexity index is 486. The molecule has 1 heterocycles. The van der Waals surface area contributed by atoms with E-state index in [2.05, 4.69) is 4.98 Å². The summed E-state index contributed by atoms with van der Waals surface area (Å²) in [6, 6.07) is 11.4. The van der Waals surface area contributed by atoms with Crippen LogP contribution in [-0.2, 0) is 0 Å². The minimum absolute atomic E-state index is 0.228. The summed E-state index contributed by atoms with van der Waals surface area (Å²) in [5.74, 6) is -0.930. The van der Waals surface area contributed by atoms with Crippen LogP contribution in [0, 0.1) is 6.92 Å². The molecule has 76 valence electrons. The number of benzene rings is 1. The van der Waals surface area contributed by atoms with Gasteiger partial charge in [0.05, 0.1) is 0 Å². The van der Waals surface area contributed by atoms with Crippen molar-refractivity contribution in [2.24, 2.45) is 0 Å². The maximum absolute atomic E-state index is 10.8. The molecule has 0 atom stereocenters. The maximum atomic E-state index is 10.8. The van der Waals surface area contributed by atoms with Crippen molar-refractivity contribution in [1.82, 2.24) is 4.98 Å². The van der Waals surface area contributed by atoms with Crippen LogP contribution in [0.5, 0.6) is 0 Å². The van der Waals surface area contributed by atoms with Gasteiger partial charge in [-0.1, -0.05) is 30.3 Å². The summed E-state index contributed by atoms with van der Waals surface area (Å²) in [6.07, 6.45) is 0. The number of H-pyrrole nitrogens is 1. The Kier molecular flexibility index (Phi) is 2.29. The van der Waals surface area contributed by atoms with Crippen LogP contribution in [0.15, 0.2) is 36.4 Å². The zero-order valence-electron chi connectivity index (χ0n) is 8.32. The van der Waals surface area contributed by atoms with Gasteiger partial charge in [-0.15, -0.1) is 0 Å². The Morgan fingerprint density at radius 2 is 1.93 bits per heavy atom. The van der Waals surface area contributed by atoms with E-state index in [0.29, 0.717) is 0 Å². The molecule has 0 aliphatic heterocycles. The molecule has 0 unspecified atom stereocenters. The molecule has 0 radical (unpaired) electrons. The molecule has 0 bridgehead atoms. The monoisotopic (exact) mass is 201 g/mol. The van der Waals surface area contributed by atoms with E-state index in [1.165, 1.54) is 0 Å². The predicted molar refractivity (Wildman–Crippen MR) is 57.9 cm³/mol. The minimum atomic E-state index is -0.930. The van der Waals surface area contributed by atoms with Gasteiger partial charge in [0, 0.05) is 11.3 Å². The molecular weight excluding hydrogens is 190 g/mol. The SMILES string of the molecule is Cc1[nH]c(C(=O)O)cc1-c1ccccc1. The van der Waals surface area contributed by atoms with Gasteiger partial charge < -0.3 is 10.1 Å². The molecule has 3 nitrogen and oxygen atoms in total. The number of rotatable bonds is 2. The van der Waals surface area contributed by atoms with Crippen molar-refractivity contribution in [2.75, 3.05) is 0 Å². The summed E-state index contributed by atoms with van der Waals surface area (Å²) in [6.45, 7) is 1.87. The van der Waals surface area contributed by atoms with E-state index >= 15 is 0 Å². The van der Waals surface area contributed by atoms with E-state index in [4.69, 9.17) is 5.11 Å². The Morgan fingerprint density at radius 1 is 1.27 bits per heavy atom. The van der Waals surface area contributed by atoms with E-state index in [1.54, 1.807) is 6.07 Å². The number of nitrogens with one attached hydrogen (secondary N) is 1. The maximum Gasteiger partial charge on any atom is 0.352 e. The highest BCUT2D eigenvalue weighted by atomic mass is 16.4. The van der Waals surface area contributed by atoms with Crippen LogP contribution in [0.1, 0.15) is 16.2 Å². The Balaban J connectivity index is 2.50. The zero-order chi connectivity index (χ0) is 10.8. The van der Waals surface area contributed by atoms with Crippen molar-refractivity contribution in [3.8, 4) is 11.1 Å². The molecule has 0 saturated heterocycles. The van der Waals surface area contributed by atoms with Gasteiger partial charge in [0.1, 0.15) is 5.69 Å². The third kappa shape index (κ3) is 1.76. The first-order valence-electron chi connectivity index (χ1n) is 4.67. The first kappa shape index (κ1) is 9.52. The Morgan fingerprint density at radius 3 is 2.47 bits per heavy atom. The van der Waals surface area contributed by atoms with Gasteiger partial charge in [-0.25, -0.2) is 4.79 Å². The van der Waals surface area contributed by atoms with Crippen LogP contribution in [0.4, 0.5) is 0 Å². The van der Waals surface area contributed by atoms with Crippen molar-refractivity contribution in [3.05, 3.63) is 47.8 Å². The number of aromatic carboxylic acids is 1. The van der Waals surface area contributed by atoms with Crippen molar-refractivity contribution >= 4 is 5.97 Å². The fourth-order valence-corrected chi connectivity index (χ4v) is 1.59. The van der Waals surface area contributed by atoms with Gasteiger partial charge in [0.2, 0.25) is 0 Å². The van der Waals surface area contributed by atoms with Crippen LogP contribution in [0.25, 0.3) is 11.1 Å². The van der Waals surface area contributed by atoms with Gasteiger partial charge in [0.15, 0.2) is 0 Å². The van der Waals surface area contributed by atoms with E-state index in [-0.39, 0.29) is 5.69 Å². The molecule has 0 spiro atoms. The first-order chi connectivity index (χ1) is 7.18. The third-order valence-corrected chi connectivity index (χ3v) is 2.33. The summed E-state index contributed by atoms with van der Waals surface area (Å²) in [7, 11) is 0. The Labute approximate surface area is 87.4 Å². The lowest BCUT2D eigenvalue weighted by atomic mass is 10.1. The largest absolute Gasteiger partial charge is 0.477 e. The minimum Gasteiger partial charge on any atom is -0.477 e. The standard InChI is InChI=1S/C12H11NO2/c1-8-10(7-11(13-8)12(14)15)9-5-3-2-4-6-9/h2-7,13H,1H3,(H,14,15). The number of carboxylic acid groups (broad SMARTS) is 1. The molecule has 2 rings (SSSR count). The van der Waals surface area contributed by atoms with Crippen molar-refractivity contribution in [2.45, 2.75) is 6.92 Å². The number of aromatic nitrogens is 1. The highest BCUT2D eigenvalue weighted by Gasteiger charge is 2.10. The van der Waals surface area contributed by atoms with Crippen molar-refractivity contribution in [1.29, 1.82) is 0 Å². The Hall–Kier alpha value is -2.03. The van der Waals surface area contributed by atoms with Gasteiger partial charge >= 0.3 is 5.97 Å². The van der Waals surface area contributed by atoms with Crippen LogP contribution in [0.3, 0.4) is 0 Å². The molecule has 0 amide bonds. The van der Waals surface area contributed by atoms with E-state index in [0.717, 1.165) is 16.8 Å². The van der Waals surface area contributed by atoms with Crippen molar-refractivity contribution in [3.63, 3.8) is 0 Å². The van der Waals surface area contributed by atoms with Gasteiger partial charge in [-0.3, -0.25) is 0 Å². The van der Waals surface area contributed by atoms with Crippen LogP contribution < -0.4 is 0 Å². The molecule has 2 aromatic rings. The quantitative estimate of drug-likeness (QED) is 0.784. The lowest BCUT2D eigenvalue weighted by Crippen LogP contribution is -1.95. The normalized spacial score (nSPS) is 10.2. The number of carbonyl (C=O) groups is 1. The third-order valence-electron chi connectivity index (χ3n) is 2.33. The second-order valence-corrected chi connectivity index (χ2v) is 3.39. The van der Waals surface area contributed by atoms with Gasteiger partial charge in [0.25, 0.3) is 0 Å².